The number of rotatable bonds is 4. The highest BCUT2D eigenvalue weighted by Crippen LogP contribution is 2.29. The zero-order valence-corrected chi connectivity index (χ0v) is 13.2. The Labute approximate surface area is 131 Å². The van der Waals surface area contributed by atoms with Crippen LogP contribution in [0.2, 0.25) is 0 Å². The molecule has 2 saturated heterocycles. The van der Waals surface area contributed by atoms with Crippen molar-refractivity contribution < 1.29 is 9.53 Å². The summed E-state index contributed by atoms with van der Waals surface area (Å²) in [5.41, 5.74) is 2.82. The second-order valence-corrected chi connectivity index (χ2v) is 6.94. The predicted molar refractivity (Wildman–Crippen MR) is 82.6 cm³/mol. The zero-order valence-electron chi connectivity index (χ0n) is 13.2. The third-order valence-electron chi connectivity index (χ3n) is 5.54. The molecule has 0 radical (unpaired) electrons. The number of carbonyl (C=O) groups is 1. The van der Waals surface area contributed by atoms with E-state index in [9.17, 15) is 4.79 Å². The largest absolute Gasteiger partial charge is 0.465 e. The Balaban J connectivity index is 1.34. The van der Waals surface area contributed by atoms with Crippen molar-refractivity contribution in [2.45, 2.75) is 51.0 Å². The molecular formula is C17H25N3O2. The number of nitrogens with zero attached hydrogens (tertiary/aromatic N) is 3. The fourth-order valence-corrected chi connectivity index (χ4v) is 4.19. The van der Waals surface area contributed by atoms with Gasteiger partial charge in [-0.05, 0) is 51.5 Å². The molecule has 1 aliphatic carbocycles. The molecule has 3 aliphatic rings. The van der Waals surface area contributed by atoms with Gasteiger partial charge in [-0.15, -0.1) is 0 Å². The van der Waals surface area contributed by atoms with Crippen LogP contribution in [0, 0.1) is 5.92 Å². The molecule has 2 fully saturated rings. The number of aryl methyl sites for hydroxylation is 1. The summed E-state index contributed by atoms with van der Waals surface area (Å²) in [5, 5.41) is 0. The highest BCUT2D eigenvalue weighted by atomic mass is 16.5. The van der Waals surface area contributed by atoms with Crippen LogP contribution in [-0.4, -0.2) is 46.7 Å². The molecule has 0 saturated carbocycles. The Morgan fingerprint density at radius 3 is 3.05 bits per heavy atom. The van der Waals surface area contributed by atoms with Gasteiger partial charge in [-0.1, -0.05) is 0 Å². The molecule has 4 rings (SSSR count). The highest BCUT2D eigenvalue weighted by molar-refractivity contribution is 5.74. The lowest BCUT2D eigenvalue weighted by Gasteiger charge is -2.20. The van der Waals surface area contributed by atoms with E-state index in [1.165, 1.54) is 37.1 Å². The number of carbonyl (C=O) groups excluding carboxylic acids is 1. The predicted octanol–water partition coefficient (Wildman–Crippen LogP) is 1.96. The maximum atomic E-state index is 11.5. The number of fused-ring (bicyclic) bond motifs is 1. The minimum atomic E-state index is 0.0134. The summed E-state index contributed by atoms with van der Waals surface area (Å²) in [7, 11) is 0. The highest BCUT2D eigenvalue weighted by Gasteiger charge is 2.30. The van der Waals surface area contributed by atoms with Gasteiger partial charge in [-0.3, -0.25) is 4.79 Å². The Morgan fingerprint density at radius 2 is 2.18 bits per heavy atom. The summed E-state index contributed by atoms with van der Waals surface area (Å²) in [4.78, 5) is 18.7. The number of ether oxygens (including phenoxy) is 1. The van der Waals surface area contributed by atoms with Crippen LogP contribution in [0.1, 0.15) is 49.5 Å². The van der Waals surface area contributed by atoms with E-state index in [1.54, 1.807) is 0 Å². The van der Waals surface area contributed by atoms with E-state index < -0.39 is 0 Å². The summed E-state index contributed by atoms with van der Waals surface area (Å²) in [6.45, 7) is 3.88. The van der Waals surface area contributed by atoms with Crippen molar-refractivity contribution in [3.05, 3.63) is 17.7 Å². The lowest BCUT2D eigenvalue weighted by molar-refractivity contribution is -0.141. The van der Waals surface area contributed by atoms with Gasteiger partial charge in [0.1, 0.15) is 0 Å². The normalized spacial score (nSPS) is 28.8. The Morgan fingerprint density at radius 1 is 1.27 bits per heavy atom. The van der Waals surface area contributed by atoms with Crippen molar-refractivity contribution in [2.75, 3.05) is 26.2 Å². The van der Waals surface area contributed by atoms with E-state index in [1.807, 2.05) is 0 Å². The Bertz CT molecular complexity index is 554. The van der Waals surface area contributed by atoms with Crippen LogP contribution in [0.5, 0.6) is 0 Å². The average molecular weight is 303 g/mol. The molecule has 0 N–H and O–H groups in total. The first-order valence-electron chi connectivity index (χ1n) is 8.75. The second kappa shape index (κ2) is 6.03. The summed E-state index contributed by atoms with van der Waals surface area (Å²) >= 11 is 0. The Hall–Kier alpha value is -1.36. The second-order valence-electron chi connectivity index (χ2n) is 6.94. The summed E-state index contributed by atoms with van der Waals surface area (Å²) < 4.78 is 7.50. The maximum Gasteiger partial charge on any atom is 0.309 e. The molecule has 5 nitrogen and oxygen atoms in total. The van der Waals surface area contributed by atoms with Crippen LogP contribution in [0.25, 0.3) is 0 Å². The van der Waals surface area contributed by atoms with E-state index in [0.717, 1.165) is 38.9 Å². The molecule has 0 aromatic carbocycles. The van der Waals surface area contributed by atoms with Gasteiger partial charge in [0, 0.05) is 24.8 Å². The molecule has 22 heavy (non-hydrogen) atoms. The lowest BCUT2D eigenvalue weighted by Crippen LogP contribution is -2.26. The van der Waals surface area contributed by atoms with E-state index in [-0.39, 0.29) is 11.9 Å². The summed E-state index contributed by atoms with van der Waals surface area (Å²) in [5.74, 6) is 0.152. The van der Waals surface area contributed by atoms with Gasteiger partial charge in [0.05, 0.1) is 24.5 Å². The monoisotopic (exact) mass is 303 g/mol. The van der Waals surface area contributed by atoms with Crippen LogP contribution >= 0.6 is 0 Å². The molecule has 120 valence electrons. The van der Waals surface area contributed by atoms with Crippen LogP contribution in [0.3, 0.4) is 0 Å². The van der Waals surface area contributed by atoms with Crippen LogP contribution in [0.4, 0.5) is 0 Å². The molecule has 2 aliphatic heterocycles. The fraction of sp³-hybridized carbons (Fsp3) is 0.765. The summed E-state index contributed by atoms with van der Waals surface area (Å²) in [6.07, 6.45) is 10.1. The van der Waals surface area contributed by atoms with Gasteiger partial charge in [0.25, 0.3) is 0 Å². The standard InChI is InChI=1S/C17H25N3O2/c21-17-13(7-10-22-17)5-8-19-9-6-14(11-19)20-12-18-15-3-1-2-4-16(15)20/h12-14H,1-11H2/t13-,14+/m1/s1. The number of hydrogen-bond acceptors (Lipinski definition) is 4. The van der Waals surface area contributed by atoms with Gasteiger partial charge >= 0.3 is 5.97 Å². The first kappa shape index (κ1) is 14.2. The van der Waals surface area contributed by atoms with Gasteiger partial charge < -0.3 is 14.2 Å². The van der Waals surface area contributed by atoms with E-state index >= 15 is 0 Å². The number of esters is 1. The Kier molecular flexibility index (Phi) is 3.90. The van der Waals surface area contributed by atoms with Crippen LogP contribution in [0.15, 0.2) is 6.33 Å². The number of likely N-dealkylation sites (tertiary alicyclic amines) is 1. The lowest BCUT2D eigenvalue weighted by atomic mass is 10.0. The van der Waals surface area contributed by atoms with E-state index in [2.05, 4.69) is 20.8 Å². The molecule has 0 bridgehead atoms. The van der Waals surface area contributed by atoms with E-state index in [0.29, 0.717) is 12.6 Å². The molecule has 0 amide bonds. The van der Waals surface area contributed by atoms with Gasteiger partial charge in [-0.2, -0.15) is 0 Å². The van der Waals surface area contributed by atoms with Gasteiger partial charge in [-0.25, -0.2) is 4.98 Å². The minimum Gasteiger partial charge on any atom is -0.465 e. The zero-order chi connectivity index (χ0) is 14.9. The van der Waals surface area contributed by atoms with Gasteiger partial charge in [0.15, 0.2) is 0 Å². The maximum absolute atomic E-state index is 11.5. The fourth-order valence-electron chi connectivity index (χ4n) is 4.19. The topological polar surface area (TPSA) is 47.4 Å². The van der Waals surface area contributed by atoms with Crippen molar-refractivity contribution in [3.63, 3.8) is 0 Å². The third-order valence-corrected chi connectivity index (χ3v) is 5.54. The van der Waals surface area contributed by atoms with Crippen molar-refractivity contribution in [1.29, 1.82) is 0 Å². The number of hydrogen-bond donors (Lipinski definition) is 0. The van der Waals surface area contributed by atoms with Crippen molar-refractivity contribution in [2.24, 2.45) is 5.92 Å². The van der Waals surface area contributed by atoms with Crippen LogP contribution < -0.4 is 0 Å². The average Bonchev–Trinajstić information content (AvgIpc) is 3.24. The third kappa shape index (κ3) is 2.67. The minimum absolute atomic E-state index is 0.0134. The molecule has 1 aromatic heterocycles. The van der Waals surface area contributed by atoms with Gasteiger partial charge in [0.2, 0.25) is 0 Å². The number of aromatic nitrogens is 2. The molecule has 3 heterocycles. The molecule has 0 unspecified atom stereocenters. The van der Waals surface area contributed by atoms with Crippen molar-refractivity contribution >= 4 is 5.97 Å². The number of cyclic esters (lactones) is 1. The van der Waals surface area contributed by atoms with E-state index in [4.69, 9.17) is 4.74 Å². The molecule has 0 spiro atoms. The SMILES string of the molecule is O=C1OCC[C@H]1CCN1CC[C@H](n2cnc3c2CCCC3)C1. The number of imidazole rings is 1. The van der Waals surface area contributed by atoms with Crippen LogP contribution in [-0.2, 0) is 22.4 Å². The van der Waals surface area contributed by atoms with Crippen molar-refractivity contribution in [1.82, 2.24) is 14.5 Å². The first-order valence-corrected chi connectivity index (χ1v) is 8.75. The summed E-state index contributed by atoms with van der Waals surface area (Å²) in [6, 6.07) is 0.574. The first-order chi connectivity index (χ1) is 10.8. The van der Waals surface area contributed by atoms with Crippen molar-refractivity contribution in [3.8, 4) is 0 Å². The molecular weight excluding hydrogens is 278 g/mol. The smallest absolute Gasteiger partial charge is 0.309 e. The molecule has 5 heteroatoms. The molecule has 1 aromatic rings. The quantitative estimate of drug-likeness (QED) is 0.798. The molecule has 2 atom stereocenters.